The number of carbonyl (C=O) groups is 2. The van der Waals surface area contributed by atoms with Crippen molar-refractivity contribution in [2.75, 3.05) is 0 Å². The Hall–Kier alpha value is -2.37. The number of amides is 2. The Morgan fingerprint density at radius 1 is 1.25 bits per heavy atom. The van der Waals surface area contributed by atoms with Crippen LogP contribution in [0.5, 0.6) is 0 Å². The molecule has 2 amide bonds. The minimum absolute atomic E-state index is 0.247. The maximum Gasteiger partial charge on any atom is 0.329 e. The molecule has 0 saturated carbocycles. The van der Waals surface area contributed by atoms with Gasteiger partial charge in [-0.05, 0) is 30.5 Å². The third-order valence-electron chi connectivity index (χ3n) is 3.94. The summed E-state index contributed by atoms with van der Waals surface area (Å²) in [5, 5.41) is 2.16. The second-order valence-electron chi connectivity index (χ2n) is 5.32. The summed E-state index contributed by atoms with van der Waals surface area (Å²) < 4.78 is 3.03. The molecule has 6 heteroatoms. The Labute approximate surface area is 142 Å². The van der Waals surface area contributed by atoms with Gasteiger partial charge in [-0.15, -0.1) is 0 Å². The predicted octanol–water partition coefficient (Wildman–Crippen LogP) is 2.54. The number of nitrogens with one attached hydrogen (secondary N) is 1. The molecule has 1 aromatic heterocycles. The van der Waals surface area contributed by atoms with E-state index in [1.165, 1.54) is 4.57 Å². The van der Waals surface area contributed by atoms with E-state index in [-0.39, 0.29) is 5.69 Å². The van der Waals surface area contributed by atoms with E-state index >= 15 is 0 Å². The van der Waals surface area contributed by atoms with Crippen molar-refractivity contribution in [3.63, 3.8) is 0 Å². The molecule has 132 valence electrons. The molecule has 6 nitrogen and oxygen atoms in total. The zero-order valence-electron chi connectivity index (χ0n) is 15.1. The van der Waals surface area contributed by atoms with Gasteiger partial charge in [0.15, 0.2) is 0 Å². The molecule has 2 rings (SSSR count). The van der Waals surface area contributed by atoms with Crippen LogP contribution in [0.25, 0.3) is 11.0 Å². The first-order valence-electron chi connectivity index (χ1n) is 8.49. The minimum Gasteiger partial charge on any atom is -0.297 e. The Morgan fingerprint density at radius 2 is 1.92 bits per heavy atom. The first-order chi connectivity index (χ1) is 11.5. The van der Waals surface area contributed by atoms with Gasteiger partial charge >= 0.3 is 5.69 Å². The molecule has 0 bridgehead atoms. The summed E-state index contributed by atoms with van der Waals surface area (Å²) in [5.74, 6) is -0.453. The van der Waals surface area contributed by atoms with Crippen molar-refractivity contribution in [3.05, 3.63) is 34.2 Å². The smallest absolute Gasteiger partial charge is 0.297 e. The van der Waals surface area contributed by atoms with Gasteiger partial charge in [0, 0.05) is 7.05 Å². The van der Waals surface area contributed by atoms with E-state index in [9.17, 15) is 14.4 Å². The standard InChI is InChI=1S/C16H21N3O3.C2H6/c1-4-6-13(15(21)17-10-20)19-12-8-7-11(5-2)9-14(12)18(3)16(19)22;1-2/h7-10,13H,4-6H2,1-3H3,(H,17,20,21);1-2H3. The second-order valence-corrected chi connectivity index (χ2v) is 5.32. The summed E-state index contributed by atoms with van der Waals surface area (Å²) in [6.07, 6.45) is 2.46. The second kappa shape index (κ2) is 9.05. The minimum atomic E-state index is -0.682. The average molecular weight is 333 g/mol. The van der Waals surface area contributed by atoms with E-state index in [0.717, 1.165) is 23.9 Å². The van der Waals surface area contributed by atoms with Gasteiger partial charge in [0.2, 0.25) is 12.3 Å². The van der Waals surface area contributed by atoms with Gasteiger partial charge in [-0.1, -0.05) is 40.2 Å². The van der Waals surface area contributed by atoms with E-state index in [0.29, 0.717) is 18.3 Å². The van der Waals surface area contributed by atoms with Gasteiger partial charge in [0.25, 0.3) is 0 Å². The van der Waals surface area contributed by atoms with E-state index in [1.807, 2.05) is 45.9 Å². The molecule has 1 heterocycles. The number of benzene rings is 1. The zero-order chi connectivity index (χ0) is 18.3. The fraction of sp³-hybridized carbons (Fsp3) is 0.500. The number of hydrogen-bond donors (Lipinski definition) is 1. The topological polar surface area (TPSA) is 73.1 Å². The van der Waals surface area contributed by atoms with Crippen LogP contribution in [0.15, 0.2) is 23.0 Å². The highest BCUT2D eigenvalue weighted by molar-refractivity contribution is 5.90. The van der Waals surface area contributed by atoms with Crippen LogP contribution in [0, 0.1) is 0 Å². The lowest BCUT2D eigenvalue weighted by Crippen LogP contribution is -2.36. The number of imide groups is 1. The third kappa shape index (κ3) is 3.75. The highest BCUT2D eigenvalue weighted by Crippen LogP contribution is 2.21. The number of fused-ring (bicyclic) bond motifs is 1. The monoisotopic (exact) mass is 333 g/mol. The lowest BCUT2D eigenvalue weighted by molar-refractivity contribution is -0.128. The average Bonchev–Trinajstić information content (AvgIpc) is 2.85. The highest BCUT2D eigenvalue weighted by atomic mass is 16.2. The molecule has 1 aromatic carbocycles. The Kier molecular flexibility index (Phi) is 7.42. The highest BCUT2D eigenvalue weighted by Gasteiger charge is 2.24. The molecule has 24 heavy (non-hydrogen) atoms. The van der Waals surface area contributed by atoms with Crippen molar-refractivity contribution in [1.29, 1.82) is 0 Å². The van der Waals surface area contributed by atoms with E-state index < -0.39 is 11.9 Å². The number of nitrogens with zero attached hydrogens (tertiary/aromatic N) is 2. The molecule has 1 unspecified atom stereocenters. The van der Waals surface area contributed by atoms with Gasteiger partial charge in [0.1, 0.15) is 6.04 Å². The molecule has 0 aliphatic heterocycles. The van der Waals surface area contributed by atoms with Crippen molar-refractivity contribution in [3.8, 4) is 0 Å². The van der Waals surface area contributed by atoms with Crippen LogP contribution in [-0.2, 0) is 23.1 Å². The number of imidazole rings is 1. The number of rotatable bonds is 6. The summed E-state index contributed by atoms with van der Waals surface area (Å²) in [6.45, 7) is 7.99. The van der Waals surface area contributed by atoms with Crippen LogP contribution >= 0.6 is 0 Å². The van der Waals surface area contributed by atoms with Crippen molar-refractivity contribution >= 4 is 23.4 Å². The lowest BCUT2D eigenvalue weighted by Gasteiger charge is -2.16. The Balaban J connectivity index is 0.00000139. The number of aryl methyl sites for hydroxylation is 2. The summed E-state index contributed by atoms with van der Waals surface area (Å²) >= 11 is 0. The number of aromatic nitrogens is 2. The van der Waals surface area contributed by atoms with Gasteiger partial charge < -0.3 is 0 Å². The first-order valence-corrected chi connectivity index (χ1v) is 8.49. The van der Waals surface area contributed by atoms with Crippen LogP contribution in [0.4, 0.5) is 0 Å². The van der Waals surface area contributed by atoms with Gasteiger partial charge in [-0.3, -0.25) is 24.0 Å². The van der Waals surface area contributed by atoms with Gasteiger partial charge in [0.05, 0.1) is 11.0 Å². The molecule has 0 aliphatic carbocycles. The molecular formula is C18H27N3O3. The van der Waals surface area contributed by atoms with Crippen molar-refractivity contribution in [2.45, 2.75) is 53.0 Å². The molecule has 1 atom stereocenters. The van der Waals surface area contributed by atoms with E-state index in [2.05, 4.69) is 5.32 Å². The van der Waals surface area contributed by atoms with Crippen LogP contribution in [0.1, 0.15) is 52.1 Å². The maximum absolute atomic E-state index is 12.6. The molecule has 0 fully saturated rings. The van der Waals surface area contributed by atoms with Gasteiger partial charge in [-0.25, -0.2) is 4.79 Å². The van der Waals surface area contributed by atoms with E-state index in [1.54, 1.807) is 11.6 Å². The van der Waals surface area contributed by atoms with E-state index in [4.69, 9.17) is 0 Å². The van der Waals surface area contributed by atoms with Crippen LogP contribution in [0.2, 0.25) is 0 Å². The summed E-state index contributed by atoms with van der Waals surface area (Å²) in [7, 11) is 1.70. The Morgan fingerprint density at radius 3 is 2.46 bits per heavy atom. The first kappa shape index (κ1) is 19.7. The molecule has 2 aromatic rings. The molecule has 0 radical (unpaired) electrons. The number of carbonyl (C=O) groups excluding carboxylic acids is 2. The van der Waals surface area contributed by atoms with Crippen molar-refractivity contribution in [1.82, 2.24) is 14.5 Å². The van der Waals surface area contributed by atoms with Crippen molar-refractivity contribution < 1.29 is 9.59 Å². The normalized spacial score (nSPS) is 11.5. The van der Waals surface area contributed by atoms with Crippen LogP contribution in [0.3, 0.4) is 0 Å². The fourth-order valence-electron chi connectivity index (χ4n) is 2.74. The van der Waals surface area contributed by atoms with Crippen LogP contribution < -0.4 is 11.0 Å². The molecule has 0 spiro atoms. The summed E-state index contributed by atoms with van der Waals surface area (Å²) in [4.78, 5) is 35.3. The SMILES string of the molecule is CC.CCCC(C(=O)NC=O)n1c(=O)n(C)c2cc(CC)ccc21. The van der Waals surface area contributed by atoms with Gasteiger partial charge in [-0.2, -0.15) is 0 Å². The molecular weight excluding hydrogens is 306 g/mol. The molecule has 1 N–H and O–H groups in total. The molecule has 0 saturated heterocycles. The van der Waals surface area contributed by atoms with Crippen LogP contribution in [-0.4, -0.2) is 21.5 Å². The third-order valence-corrected chi connectivity index (χ3v) is 3.94. The molecule has 0 aliphatic rings. The Bertz CT molecular complexity index is 759. The largest absolute Gasteiger partial charge is 0.329 e. The lowest BCUT2D eigenvalue weighted by atomic mass is 10.1. The fourth-order valence-corrected chi connectivity index (χ4v) is 2.74. The zero-order valence-corrected chi connectivity index (χ0v) is 15.1. The van der Waals surface area contributed by atoms with Crippen molar-refractivity contribution in [2.24, 2.45) is 7.05 Å². The maximum atomic E-state index is 12.6. The number of hydrogen-bond acceptors (Lipinski definition) is 3. The quantitative estimate of drug-likeness (QED) is 0.826. The summed E-state index contributed by atoms with van der Waals surface area (Å²) in [6, 6.07) is 5.11. The summed E-state index contributed by atoms with van der Waals surface area (Å²) in [5.41, 5.74) is 2.39. The predicted molar refractivity (Wildman–Crippen MR) is 96.1 cm³/mol.